The largest absolute Gasteiger partial charge is 0.370 e. The van der Waals surface area contributed by atoms with Crippen molar-refractivity contribution in [1.82, 2.24) is 78.1 Å². The molecule has 4 atom stereocenters. The Morgan fingerprint density at radius 2 is 0.752 bits per heavy atom. The Morgan fingerprint density at radius 3 is 1.06 bits per heavy atom. The van der Waals surface area contributed by atoms with Crippen LogP contribution in [0.3, 0.4) is 0 Å². The number of nitrogen functional groups attached to an aromatic ring is 4. The first-order valence-electron chi connectivity index (χ1n) is 33.9. The van der Waals surface area contributed by atoms with Gasteiger partial charge in [-0.3, -0.25) is 57.4 Å². The second-order valence-corrected chi connectivity index (χ2v) is 39.3. The van der Waals surface area contributed by atoms with Gasteiger partial charge in [0.25, 0.3) is 22.2 Å². The third kappa shape index (κ3) is 26.4. The van der Waals surface area contributed by atoms with E-state index in [0.29, 0.717) is 70.5 Å². The molecule has 113 heavy (non-hydrogen) atoms. The van der Waals surface area contributed by atoms with Crippen LogP contribution < -0.4 is 45.2 Å². The molecule has 0 bridgehead atoms. The van der Waals surface area contributed by atoms with Gasteiger partial charge >= 0.3 is 0 Å². The highest BCUT2D eigenvalue weighted by Gasteiger charge is 2.23. The lowest BCUT2D eigenvalue weighted by Crippen LogP contribution is -2.13. The molecule has 0 saturated heterocycles. The van der Waals surface area contributed by atoms with E-state index in [1.165, 1.54) is 63.5 Å². The molecular weight excluding hydrogens is 1660 g/mol. The molecule has 0 aliphatic carbocycles. The summed E-state index contributed by atoms with van der Waals surface area (Å²) in [6, 6.07) is 24.1. The van der Waals surface area contributed by atoms with Gasteiger partial charge in [-0.1, -0.05) is 76.1 Å². The monoisotopic (exact) mass is 1740 g/mol. The summed E-state index contributed by atoms with van der Waals surface area (Å²) in [5, 5.41) is 0.643. The zero-order chi connectivity index (χ0) is 82.0. The molecule has 12 N–H and O–H groups in total. The van der Waals surface area contributed by atoms with Gasteiger partial charge in [-0.05, 0) is 83.6 Å². The molecule has 0 aliphatic rings. The summed E-state index contributed by atoms with van der Waals surface area (Å²) in [5.74, 6) is -0.300. The van der Waals surface area contributed by atoms with Crippen LogP contribution in [0.25, 0.3) is 44.7 Å². The van der Waals surface area contributed by atoms with Gasteiger partial charge in [-0.2, -0.15) is 19.9 Å². The van der Waals surface area contributed by atoms with E-state index in [1.54, 1.807) is 62.2 Å². The van der Waals surface area contributed by atoms with E-state index in [0.717, 1.165) is 27.4 Å². The number of nitrogens with two attached hydrogens (primary N) is 4. The molecular formula is C67H83BrClFN20O18P4S. The maximum Gasteiger partial charge on any atom is 0.280 e. The third-order valence-corrected chi connectivity index (χ3v) is 23.2. The summed E-state index contributed by atoms with van der Waals surface area (Å²) in [6.45, 7) is 12.5. The van der Waals surface area contributed by atoms with E-state index in [4.69, 9.17) is 71.6 Å². The lowest BCUT2D eigenvalue weighted by molar-refractivity contribution is 0.153. The summed E-state index contributed by atoms with van der Waals surface area (Å²) in [7, 11) is -15.1. The SMILES string of the molecule is CP(=O)(COCCn1cnc2c(=O)[nH]c(N)nc21)OCc1ccc(S(C)(=O)=O)cc1.CP(=O)(COCCn1cnc2c(=O)[nH]c(N)nc21)OCc1cccc(Br)c1.Cc1ccc(COP(C)(=O)COCCn2cnc3c(=O)[nH]c(N)nc32)cc1Cl.Cc1ccc(COP(C)(=O)COCCn2cnc3c(=O)[nH]c(N)nc32)cc1F. The molecule has 0 amide bonds. The molecule has 0 saturated carbocycles. The number of H-pyrrole nitrogens is 4. The minimum atomic E-state index is -3.27. The fourth-order valence-corrected chi connectivity index (χ4v) is 15.1. The zero-order valence-electron chi connectivity index (χ0n) is 62.1. The Kier molecular flexibility index (Phi) is 30.4. The van der Waals surface area contributed by atoms with Crippen molar-refractivity contribution in [1.29, 1.82) is 0 Å². The molecule has 8 aromatic heterocycles. The van der Waals surface area contributed by atoms with Crippen molar-refractivity contribution in [3.8, 4) is 0 Å². The summed E-state index contributed by atoms with van der Waals surface area (Å²) < 4.78 is 138. The topological polar surface area (TPSA) is 535 Å². The standard InChI is InChI=1S/C17H21ClN5O4P.C17H21FN5O4P.C17H22N5O6PS.C16H19BrN5O4P/c2*1-11-3-4-12(7-13(11)18)8-27-28(2,25)10-26-6-5-23-9-20-14-15(23)21-17(19)22-16(14)24;1-29(24,28-9-12-3-5-13(6-4-12)30(2,25)26)11-27-8-7-22-10-19-14-15(22)20-17(18)21-16(14)23;1-27(24,26-8-11-3-2-4-12(17)7-11)10-25-6-5-22-9-19-13-14(22)20-16(18)21-15(13)23/h2*3-4,7,9H,5-6,8,10H2,1-2H3,(H3,19,21,22,24);3-6,10H,7-9,11H2,1-2H3,(H3,18,20,21,23);2-4,7,9H,5-6,8,10H2,1H3,(H3,18,20,21,23). The number of rotatable bonds is 33. The van der Waals surface area contributed by atoms with Gasteiger partial charge < -0.3 is 78.2 Å². The fraction of sp³-hybridized carbons (Fsp3) is 0.343. The van der Waals surface area contributed by atoms with Crippen LogP contribution in [0, 0.1) is 19.7 Å². The number of aryl methyl sites for hydroxylation is 2. The number of nitrogens with one attached hydrogen (secondary N) is 4. The van der Waals surface area contributed by atoms with Crippen molar-refractivity contribution >= 4 is 135 Å². The number of anilines is 4. The fourth-order valence-electron chi connectivity index (χ4n) is 10.0. The number of benzene rings is 4. The second-order valence-electron chi connectivity index (χ2n) is 25.8. The Hall–Kier alpha value is -9.27. The maximum atomic E-state index is 13.6. The zero-order valence-corrected chi connectivity index (χ0v) is 68.8. The minimum Gasteiger partial charge on any atom is -0.370 e. The Balaban J connectivity index is 0.000000173. The van der Waals surface area contributed by atoms with Gasteiger partial charge in [0.1, 0.15) is 31.2 Å². The van der Waals surface area contributed by atoms with E-state index in [9.17, 15) is 50.2 Å². The molecule has 4 aromatic carbocycles. The second kappa shape index (κ2) is 39.2. The molecule has 12 rings (SSSR count). The van der Waals surface area contributed by atoms with Crippen LogP contribution >= 0.6 is 57.0 Å². The van der Waals surface area contributed by atoms with Crippen LogP contribution in [0.4, 0.5) is 28.2 Å². The number of hydrogen-bond acceptors (Lipinski definition) is 30. The highest BCUT2D eigenvalue weighted by molar-refractivity contribution is 9.10. The number of aromatic nitrogens is 16. The summed E-state index contributed by atoms with van der Waals surface area (Å²) in [5.41, 5.74) is 27.4. The van der Waals surface area contributed by atoms with Gasteiger partial charge in [0.2, 0.25) is 53.3 Å². The molecule has 38 nitrogen and oxygen atoms in total. The molecule has 0 radical (unpaired) electrons. The molecule has 4 unspecified atom stereocenters. The first-order chi connectivity index (χ1) is 53.4. The van der Waals surface area contributed by atoms with E-state index < -0.39 is 61.5 Å². The predicted molar refractivity (Wildman–Crippen MR) is 428 cm³/mol. The molecule has 0 aliphatic heterocycles. The molecule has 12 aromatic rings. The van der Waals surface area contributed by atoms with Crippen LogP contribution in [-0.4, -0.2) is 171 Å². The van der Waals surface area contributed by atoms with Gasteiger partial charge in [0.15, 0.2) is 54.5 Å². The quantitative estimate of drug-likeness (QED) is 0.0141. The highest BCUT2D eigenvalue weighted by atomic mass is 79.9. The highest BCUT2D eigenvalue weighted by Crippen LogP contribution is 2.46. The van der Waals surface area contributed by atoms with E-state index >= 15 is 0 Å². The number of ether oxygens (including phenoxy) is 4. The van der Waals surface area contributed by atoms with Gasteiger partial charge in [-0.25, -0.2) is 32.7 Å². The number of fused-ring (bicyclic) bond motifs is 4. The normalized spacial score (nSPS) is 13.8. The molecule has 8 heterocycles. The lowest BCUT2D eigenvalue weighted by atomic mass is 10.1. The van der Waals surface area contributed by atoms with Crippen molar-refractivity contribution in [3.05, 3.63) is 200 Å². The number of aromatic amines is 4. The van der Waals surface area contributed by atoms with Crippen LogP contribution in [0.15, 0.2) is 139 Å². The molecule has 606 valence electrons. The van der Waals surface area contributed by atoms with Crippen LogP contribution in [0.5, 0.6) is 0 Å². The number of hydrogen-bond donors (Lipinski definition) is 8. The van der Waals surface area contributed by atoms with Crippen LogP contribution in [-0.2, 0) is 118 Å². The van der Waals surface area contributed by atoms with E-state index in [1.807, 2.05) is 43.3 Å². The first kappa shape index (κ1) is 87.7. The third-order valence-electron chi connectivity index (χ3n) is 15.9. The Bertz CT molecular complexity index is 5750. The van der Waals surface area contributed by atoms with E-state index in [-0.39, 0.29) is 135 Å². The smallest absolute Gasteiger partial charge is 0.280 e. The van der Waals surface area contributed by atoms with Crippen molar-refractivity contribution in [2.75, 3.05) is 108 Å². The molecule has 0 fully saturated rings. The predicted octanol–water partition coefficient (Wildman–Crippen LogP) is 8.78. The van der Waals surface area contributed by atoms with Gasteiger partial charge in [0, 0.05) is 68.6 Å². The average molecular weight is 1750 g/mol. The van der Waals surface area contributed by atoms with Crippen LogP contribution in [0.2, 0.25) is 5.02 Å². The van der Waals surface area contributed by atoms with Crippen molar-refractivity contribution in [3.63, 3.8) is 0 Å². The Labute approximate surface area is 657 Å². The van der Waals surface area contributed by atoms with Crippen LogP contribution in [0.1, 0.15) is 33.4 Å². The van der Waals surface area contributed by atoms with Gasteiger partial charge in [-0.15, -0.1) is 0 Å². The molecule has 0 spiro atoms. The summed E-state index contributed by atoms with van der Waals surface area (Å²) in [4.78, 5) is 89.1. The minimum absolute atomic E-state index is 0.000768. The lowest BCUT2D eigenvalue weighted by Gasteiger charge is -2.15. The average Bonchev–Trinajstić information content (AvgIpc) is 1.69. The number of nitrogens with zero attached hydrogens (tertiary/aromatic N) is 12. The number of halogens is 3. The van der Waals surface area contributed by atoms with Crippen molar-refractivity contribution < 1.29 is 68.1 Å². The summed E-state index contributed by atoms with van der Waals surface area (Å²) >= 11 is 9.47. The maximum absolute atomic E-state index is 13.6. The van der Waals surface area contributed by atoms with Crippen molar-refractivity contribution in [2.24, 2.45) is 0 Å². The molecule has 46 heteroatoms. The number of sulfone groups is 1. The van der Waals surface area contributed by atoms with Gasteiger partial charge in [0.05, 0.1) is 83.1 Å². The van der Waals surface area contributed by atoms with E-state index in [2.05, 4.69) is 75.7 Å². The van der Waals surface area contributed by atoms with Crippen molar-refractivity contribution in [2.45, 2.75) is 71.3 Å². The number of imidazole rings is 4. The Morgan fingerprint density at radius 1 is 0.451 bits per heavy atom. The summed E-state index contributed by atoms with van der Waals surface area (Å²) in [6.07, 6.45) is 6.79. The first-order valence-corrected chi connectivity index (χ1v) is 46.0.